The van der Waals surface area contributed by atoms with E-state index in [0.717, 1.165) is 0 Å². The summed E-state index contributed by atoms with van der Waals surface area (Å²) in [4.78, 5) is 6.98. The molecule has 0 bridgehead atoms. The minimum atomic E-state index is 0.0309. The van der Waals surface area contributed by atoms with E-state index < -0.39 is 0 Å². The summed E-state index contributed by atoms with van der Waals surface area (Å²) in [5.74, 6) is 0. The third-order valence-electron chi connectivity index (χ3n) is 9.71. The lowest BCUT2D eigenvalue weighted by atomic mass is 9.86. The van der Waals surface area contributed by atoms with E-state index in [9.17, 15) is 42.1 Å². The fraction of sp³-hybridized carbons (Fsp3) is 0. The third-order valence-corrected chi connectivity index (χ3v) is 9.71. The van der Waals surface area contributed by atoms with Crippen LogP contribution in [-0.2, 0) is 0 Å². The van der Waals surface area contributed by atoms with Crippen molar-refractivity contribution in [1.29, 1.82) is 42.1 Å². The van der Waals surface area contributed by atoms with Crippen LogP contribution in [0, 0.1) is 104 Å². The lowest BCUT2D eigenvalue weighted by molar-refractivity contribution is 1.43. The number of nitrogens with zero attached hydrogens (tertiary/aromatic N) is 10. The minimum absolute atomic E-state index is 0.0309. The molecule has 0 fully saturated rings. The summed E-state index contributed by atoms with van der Waals surface area (Å²) in [6, 6.07) is 42.2. The molecule has 0 unspecified atom stereocenters. The fourth-order valence-electron chi connectivity index (χ4n) is 7.27. The Morgan fingerprint density at radius 2 is 0.810 bits per heavy atom. The molecule has 58 heavy (non-hydrogen) atoms. The molecule has 0 N–H and O–H groups in total. The highest BCUT2D eigenvalue weighted by Gasteiger charge is 2.37. The fourth-order valence-corrected chi connectivity index (χ4v) is 7.27. The summed E-state index contributed by atoms with van der Waals surface area (Å²) >= 11 is 0. The van der Waals surface area contributed by atoms with Crippen LogP contribution in [0.2, 0.25) is 0 Å². The van der Waals surface area contributed by atoms with Gasteiger partial charge in [-0.25, -0.2) is 9.69 Å². The second-order valence-electron chi connectivity index (χ2n) is 12.8. The molecule has 2 aliphatic rings. The van der Waals surface area contributed by atoms with Crippen LogP contribution < -0.4 is 0 Å². The minimum Gasteiger partial charge on any atom is -0.238 e. The summed E-state index contributed by atoms with van der Waals surface area (Å²) in [7, 11) is 0. The molecule has 0 atom stereocenters. The lowest BCUT2D eigenvalue weighted by Gasteiger charge is -2.15. The van der Waals surface area contributed by atoms with E-state index in [2.05, 4.69) is 40.0 Å². The molecular weight excluding hydrogens is 717 g/mol. The standard InChI is InChI=1S/C48H16N10/c1-57-35-9-7-32(8-10-35)46-44(26-56)38-17-39-37(18-40(38)48(46)42(24-54)34-14-30(22-52)15-36(16-34)58-2)43(25-55)45(31-5-3-27(19-49)4-6-31)47(39)41(23-53)33-12-28(20-50)11-29(13-33)21-51/h3-18H/b47-41-,48-42-. The van der Waals surface area contributed by atoms with Gasteiger partial charge in [-0.15, -0.1) is 0 Å². The number of rotatable bonds is 4. The number of hydrogen-bond acceptors (Lipinski definition) is 8. The van der Waals surface area contributed by atoms with Crippen molar-refractivity contribution in [2.24, 2.45) is 0 Å². The largest absolute Gasteiger partial charge is 0.238 e. The molecule has 5 aromatic carbocycles. The Labute approximate surface area is 332 Å². The molecule has 0 radical (unpaired) electrons. The Hall–Kier alpha value is -10.0. The molecule has 5 aromatic rings. The lowest BCUT2D eigenvalue weighted by Crippen LogP contribution is -1.97. The zero-order chi connectivity index (χ0) is 41.1. The Morgan fingerprint density at radius 1 is 0.397 bits per heavy atom. The Morgan fingerprint density at radius 3 is 1.21 bits per heavy atom. The van der Waals surface area contributed by atoms with E-state index in [1.165, 1.54) is 36.4 Å². The van der Waals surface area contributed by atoms with Crippen LogP contribution in [0.5, 0.6) is 0 Å². The van der Waals surface area contributed by atoms with Gasteiger partial charge in [0.05, 0.1) is 76.4 Å². The van der Waals surface area contributed by atoms with E-state index in [0.29, 0.717) is 55.8 Å². The van der Waals surface area contributed by atoms with Crippen molar-refractivity contribution in [3.8, 4) is 48.6 Å². The van der Waals surface area contributed by atoms with Crippen molar-refractivity contribution in [2.75, 3.05) is 0 Å². The van der Waals surface area contributed by atoms with Crippen molar-refractivity contribution in [1.82, 2.24) is 0 Å². The van der Waals surface area contributed by atoms with Crippen LogP contribution in [-0.4, -0.2) is 0 Å². The van der Waals surface area contributed by atoms with Crippen molar-refractivity contribution in [3.63, 3.8) is 0 Å². The number of fused-ring (bicyclic) bond motifs is 2. The zero-order valence-corrected chi connectivity index (χ0v) is 29.7. The summed E-state index contributed by atoms with van der Waals surface area (Å²) in [5.41, 5.74) is 5.69. The van der Waals surface area contributed by atoms with Crippen LogP contribution in [0.15, 0.2) is 97.1 Å². The number of nitriles is 8. The van der Waals surface area contributed by atoms with Gasteiger partial charge in [0, 0.05) is 39.0 Å². The van der Waals surface area contributed by atoms with E-state index in [1.807, 2.05) is 18.2 Å². The number of allylic oxidation sites excluding steroid dienone is 8. The van der Waals surface area contributed by atoms with Crippen LogP contribution in [0.3, 0.4) is 0 Å². The smallest absolute Gasteiger partial charge is 0.189 e. The maximum absolute atomic E-state index is 10.9. The number of hydrogen-bond donors (Lipinski definition) is 0. The highest BCUT2D eigenvalue weighted by atomic mass is 14.6. The molecule has 10 nitrogen and oxygen atoms in total. The molecule has 7 rings (SSSR count). The van der Waals surface area contributed by atoms with E-state index >= 15 is 0 Å². The summed E-state index contributed by atoms with van der Waals surface area (Å²) in [6.45, 7) is 15.1. The molecule has 0 amide bonds. The monoisotopic (exact) mass is 732 g/mol. The summed E-state index contributed by atoms with van der Waals surface area (Å²) in [5, 5.41) is 82.6. The van der Waals surface area contributed by atoms with Gasteiger partial charge < -0.3 is 0 Å². The van der Waals surface area contributed by atoms with Gasteiger partial charge in [-0.1, -0.05) is 36.4 Å². The second-order valence-corrected chi connectivity index (χ2v) is 12.8. The molecule has 0 aliphatic heterocycles. The third kappa shape index (κ3) is 5.86. The first-order chi connectivity index (χ1) is 28.3. The maximum atomic E-state index is 10.9. The maximum Gasteiger partial charge on any atom is 0.189 e. The summed E-state index contributed by atoms with van der Waals surface area (Å²) in [6.07, 6.45) is 0. The SMILES string of the molecule is [C-]#[N+]c1ccc(C2=C(C#N)c3cc4c(cc3/C2=C(\C#N)c2cc(C#N)cc([N+]#[C-])c2)C(C#N)=C(c2ccc(C#N)cc2)/C4=C(/C#N)c2cc(C#N)cc(C#N)c2)cc1. The van der Waals surface area contributed by atoms with Gasteiger partial charge in [-0.05, 0) is 94.0 Å². The van der Waals surface area contributed by atoms with Crippen LogP contribution in [0.4, 0.5) is 11.4 Å². The van der Waals surface area contributed by atoms with E-state index in [1.54, 1.807) is 60.7 Å². The molecule has 0 spiro atoms. The number of benzene rings is 5. The average molecular weight is 733 g/mol. The van der Waals surface area contributed by atoms with E-state index in [-0.39, 0.29) is 66.9 Å². The zero-order valence-electron chi connectivity index (χ0n) is 29.7. The molecule has 258 valence electrons. The molecule has 0 heterocycles. The first-order valence-corrected chi connectivity index (χ1v) is 16.9. The summed E-state index contributed by atoms with van der Waals surface area (Å²) < 4.78 is 0. The van der Waals surface area contributed by atoms with Crippen LogP contribution in [0.25, 0.3) is 54.3 Å². The molecule has 0 aromatic heterocycles. The molecule has 10 heteroatoms. The Balaban J connectivity index is 1.66. The van der Waals surface area contributed by atoms with E-state index in [4.69, 9.17) is 13.1 Å². The van der Waals surface area contributed by atoms with Gasteiger partial charge in [-0.3, -0.25) is 0 Å². The van der Waals surface area contributed by atoms with Crippen molar-refractivity contribution >= 4 is 56.0 Å². The predicted molar refractivity (Wildman–Crippen MR) is 213 cm³/mol. The van der Waals surface area contributed by atoms with Crippen molar-refractivity contribution < 1.29 is 0 Å². The van der Waals surface area contributed by atoms with Gasteiger partial charge >= 0.3 is 0 Å². The molecular formula is C48H16N10. The highest BCUT2D eigenvalue weighted by molar-refractivity contribution is 6.34. The van der Waals surface area contributed by atoms with Gasteiger partial charge in [0.25, 0.3) is 0 Å². The van der Waals surface area contributed by atoms with Gasteiger partial charge in [-0.2, -0.15) is 42.1 Å². The first kappa shape index (κ1) is 36.3. The van der Waals surface area contributed by atoms with Crippen molar-refractivity contribution in [2.45, 2.75) is 0 Å². The van der Waals surface area contributed by atoms with Crippen LogP contribution in [0.1, 0.15) is 66.8 Å². The molecule has 0 saturated carbocycles. The van der Waals surface area contributed by atoms with Crippen LogP contribution >= 0.6 is 0 Å². The molecule has 2 aliphatic carbocycles. The quantitative estimate of drug-likeness (QED) is 0.128. The Bertz CT molecular complexity index is 3010. The normalized spacial score (nSPS) is 13.6. The second kappa shape index (κ2) is 14.8. The Kier molecular flexibility index (Phi) is 9.25. The first-order valence-electron chi connectivity index (χ1n) is 16.9. The average Bonchev–Trinajstić information content (AvgIpc) is 3.77. The van der Waals surface area contributed by atoms with Crippen molar-refractivity contribution in [3.05, 3.63) is 187 Å². The van der Waals surface area contributed by atoms with Gasteiger partial charge in [0.1, 0.15) is 24.3 Å². The van der Waals surface area contributed by atoms with Gasteiger partial charge in [0.2, 0.25) is 0 Å². The molecule has 0 saturated heterocycles. The topological polar surface area (TPSA) is 199 Å². The highest BCUT2D eigenvalue weighted by Crippen LogP contribution is 2.56. The van der Waals surface area contributed by atoms with Gasteiger partial charge in [0.15, 0.2) is 11.4 Å². The predicted octanol–water partition coefficient (Wildman–Crippen LogP) is 10.0.